The van der Waals surface area contributed by atoms with Gasteiger partial charge in [0.05, 0.1) is 10.9 Å². The van der Waals surface area contributed by atoms with Crippen LogP contribution in [0.1, 0.15) is 32.4 Å². The second-order valence-electron chi connectivity index (χ2n) is 7.05. The molecule has 1 atom stereocenters. The monoisotopic (exact) mass is 409 g/mol. The van der Waals surface area contributed by atoms with E-state index in [1.54, 1.807) is 42.2 Å². The van der Waals surface area contributed by atoms with Crippen LogP contribution in [0, 0.1) is 5.92 Å². The van der Waals surface area contributed by atoms with Gasteiger partial charge in [-0.2, -0.15) is 13.2 Å². The Hall–Kier alpha value is -2.09. The molecule has 4 nitrogen and oxygen atoms in total. The highest BCUT2D eigenvalue weighted by Crippen LogP contribution is 2.33. The number of piperidine rings is 1. The summed E-state index contributed by atoms with van der Waals surface area (Å²) in [5, 5.41) is -0.597. The van der Waals surface area contributed by atoms with Gasteiger partial charge in [-0.25, -0.2) is 9.97 Å². The molecule has 1 aliphatic rings. The summed E-state index contributed by atoms with van der Waals surface area (Å²) >= 11 is 0.972. The summed E-state index contributed by atoms with van der Waals surface area (Å²) < 4.78 is 39.9. The van der Waals surface area contributed by atoms with Crippen molar-refractivity contribution in [2.24, 2.45) is 5.92 Å². The summed E-state index contributed by atoms with van der Waals surface area (Å²) in [6.07, 6.45) is -2.69. The van der Waals surface area contributed by atoms with Gasteiger partial charge in [-0.1, -0.05) is 49.0 Å². The van der Waals surface area contributed by atoms with E-state index in [0.29, 0.717) is 24.6 Å². The van der Waals surface area contributed by atoms with E-state index in [9.17, 15) is 18.0 Å². The molecule has 3 rings (SSSR count). The summed E-state index contributed by atoms with van der Waals surface area (Å²) in [5.74, 6) is 0.506. The number of carbonyl (C=O) groups is 1. The van der Waals surface area contributed by atoms with Gasteiger partial charge in [0.15, 0.2) is 5.16 Å². The zero-order chi connectivity index (χ0) is 20.3. The first-order valence-corrected chi connectivity index (χ1v) is 10.1. The fourth-order valence-corrected chi connectivity index (χ4v) is 3.94. The number of rotatable bonds is 4. The van der Waals surface area contributed by atoms with Crippen molar-refractivity contribution in [1.82, 2.24) is 14.9 Å². The summed E-state index contributed by atoms with van der Waals surface area (Å²) in [6.45, 7) is 5.21. The van der Waals surface area contributed by atoms with Gasteiger partial charge in [-0.3, -0.25) is 4.79 Å². The van der Waals surface area contributed by atoms with Gasteiger partial charge in [0, 0.05) is 18.7 Å². The third-order valence-corrected chi connectivity index (χ3v) is 5.74. The average Bonchev–Trinajstić information content (AvgIpc) is 2.68. The van der Waals surface area contributed by atoms with Crippen molar-refractivity contribution in [2.75, 3.05) is 13.1 Å². The van der Waals surface area contributed by atoms with Crippen molar-refractivity contribution < 1.29 is 18.0 Å². The molecule has 1 aromatic heterocycles. The summed E-state index contributed by atoms with van der Waals surface area (Å²) in [6, 6.07) is 9.59. The maximum Gasteiger partial charge on any atom is 0.433 e. The molecule has 0 aliphatic carbocycles. The van der Waals surface area contributed by atoms with Crippen molar-refractivity contribution >= 4 is 17.7 Å². The van der Waals surface area contributed by atoms with Crippen LogP contribution in [-0.4, -0.2) is 39.1 Å². The second kappa shape index (κ2) is 8.51. The van der Waals surface area contributed by atoms with E-state index in [-0.39, 0.29) is 16.8 Å². The topological polar surface area (TPSA) is 46.1 Å². The summed E-state index contributed by atoms with van der Waals surface area (Å²) in [5.41, 5.74) is -0.242. The van der Waals surface area contributed by atoms with Gasteiger partial charge in [0.1, 0.15) is 5.69 Å². The van der Waals surface area contributed by atoms with Crippen molar-refractivity contribution in [1.29, 1.82) is 0 Å². The second-order valence-corrected chi connectivity index (χ2v) is 8.36. The van der Waals surface area contributed by atoms with E-state index < -0.39 is 17.1 Å². The number of amides is 1. The third-order valence-electron chi connectivity index (χ3n) is 4.79. The van der Waals surface area contributed by atoms with Gasteiger partial charge >= 0.3 is 6.18 Å². The van der Waals surface area contributed by atoms with Crippen LogP contribution in [0.5, 0.6) is 0 Å². The molecule has 0 bridgehead atoms. The third kappa shape index (κ3) is 5.04. The quantitative estimate of drug-likeness (QED) is 0.532. The van der Waals surface area contributed by atoms with Crippen molar-refractivity contribution in [3.8, 4) is 11.3 Å². The number of thioether (sulfide) groups is 1. The first-order chi connectivity index (χ1) is 13.2. The molecule has 0 spiro atoms. The maximum atomic E-state index is 13.3. The molecular formula is C20H22F3N3OS. The van der Waals surface area contributed by atoms with E-state index in [1.165, 1.54) is 0 Å². The molecule has 8 heteroatoms. The highest BCUT2D eigenvalue weighted by molar-refractivity contribution is 8.00. The highest BCUT2D eigenvalue weighted by atomic mass is 32.2. The first-order valence-electron chi connectivity index (χ1n) is 9.21. The molecule has 2 aromatic rings. The minimum absolute atomic E-state index is 0.0418. The van der Waals surface area contributed by atoms with Crippen LogP contribution >= 0.6 is 11.8 Å². The lowest BCUT2D eigenvalue weighted by Crippen LogP contribution is -2.41. The predicted octanol–water partition coefficient (Wildman–Crippen LogP) is 4.90. The summed E-state index contributed by atoms with van der Waals surface area (Å²) in [4.78, 5) is 22.4. The molecule has 1 amide bonds. The lowest BCUT2D eigenvalue weighted by molar-refractivity contribution is -0.141. The van der Waals surface area contributed by atoms with E-state index in [2.05, 4.69) is 16.9 Å². The Kier molecular flexibility index (Phi) is 6.27. The Balaban J connectivity index is 1.83. The van der Waals surface area contributed by atoms with Crippen molar-refractivity contribution in [3.63, 3.8) is 0 Å². The maximum absolute atomic E-state index is 13.3. The fraction of sp³-hybridized carbons (Fsp3) is 0.450. The number of benzene rings is 1. The molecule has 0 unspecified atom stereocenters. The Morgan fingerprint density at radius 2 is 1.82 bits per heavy atom. The van der Waals surface area contributed by atoms with Crippen molar-refractivity contribution in [3.05, 3.63) is 42.1 Å². The van der Waals surface area contributed by atoms with Crippen LogP contribution in [-0.2, 0) is 11.0 Å². The van der Waals surface area contributed by atoms with Gasteiger partial charge < -0.3 is 4.90 Å². The molecule has 1 aliphatic heterocycles. The van der Waals surface area contributed by atoms with Crippen LogP contribution in [0.25, 0.3) is 11.3 Å². The van der Waals surface area contributed by atoms with Gasteiger partial charge in [-0.05, 0) is 31.7 Å². The van der Waals surface area contributed by atoms with Gasteiger partial charge in [0.25, 0.3) is 0 Å². The molecule has 150 valence electrons. The molecule has 1 fully saturated rings. The normalized spacial score (nSPS) is 16.8. The standard InChI is InChI=1S/C20H22F3N3OS/c1-13-8-10-26(11-9-13)18(27)14(2)28-19-24-16(15-6-4-3-5-7-15)12-17(25-19)20(21,22)23/h3-7,12-14H,8-11H2,1-2H3/t14-/m1/s1. The molecular weight excluding hydrogens is 387 g/mol. The van der Waals surface area contributed by atoms with Gasteiger partial charge in [-0.15, -0.1) is 0 Å². The number of likely N-dealkylation sites (tertiary alicyclic amines) is 1. The first kappa shape index (κ1) is 20.6. The fourth-order valence-electron chi connectivity index (χ4n) is 3.07. The number of hydrogen-bond acceptors (Lipinski definition) is 4. The number of hydrogen-bond donors (Lipinski definition) is 0. The number of carbonyl (C=O) groups excluding carboxylic acids is 1. The van der Waals surface area contributed by atoms with Gasteiger partial charge in [0.2, 0.25) is 5.91 Å². The lowest BCUT2D eigenvalue weighted by Gasteiger charge is -2.31. The predicted molar refractivity (Wildman–Crippen MR) is 103 cm³/mol. The largest absolute Gasteiger partial charge is 0.433 e. The minimum Gasteiger partial charge on any atom is -0.342 e. The van der Waals surface area contributed by atoms with E-state index >= 15 is 0 Å². The van der Waals surface area contributed by atoms with Crippen LogP contribution in [0.2, 0.25) is 0 Å². The number of alkyl halides is 3. The number of halogens is 3. The number of aromatic nitrogens is 2. The SMILES string of the molecule is CC1CCN(C(=O)[C@@H](C)Sc2nc(-c3ccccc3)cc(C(F)(F)F)n2)CC1. The summed E-state index contributed by atoms with van der Waals surface area (Å²) in [7, 11) is 0. The zero-order valence-corrected chi connectivity index (χ0v) is 16.6. The highest BCUT2D eigenvalue weighted by Gasteiger charge is 2.34. The Labute approximate surface area is 166 Å². The lowest BCUT2D eigenvalue weighted by atomic mass is 9.99. The molecule has 1 aromatic carbocycles. The van der Waals surface area contributed by atoms with Crippen molar-refractivity contribution in [2.45, 2.75) is 43.3 Å². The zero-order valence-electron chi connectivity index (χ0n) is 15.7. The number of nitrogens with zero attached hydrogens (tertiary/aromatic N) is 3. The van der Waals surface area contributed by atoms with Crippen LogP contribution < -0.4 is 0 Å². The molecule has 0 radical (unpaired) electrons. The minimum atomic E-state index is -4.59. The van der Waals surface area contributed by atoms with Crippen LogP contribution in [0.4, 0.5) is 13.2 Å². The Morgan fingerprint density at radius 1 is 1.18 bits per heavy atom. The van der Waals surface area contributed by atoms with Crippen LogP contribution in [0.3, 0.4) is 0 Å². The van der Waals surface area contributed by atoms with E-state index in [1.807, 2.05) is 0 Å². The molecule has 0 N–H and O–H groups in total. The molecule has 2 heterocycles. The molecule has 28 heavy (non-hydrogen) atoms. The smallest absolute Gasteiger partial charge is 0.342 e. The Bertz CT molecular complexity index is 821. The van der Waals surface area contributed by atoms with Crippen LogP contribution in [0.15, 0.2) is 41.6 Å². The van der Waals surface area contributed by atoms with E-state index in [4.69, 9.17) is 0 Å². The molecule has 1 saturated heterocycles. The Morgan fingerprint density at radius 3 is 2.43 bits per heavy atom. The average molecular weight is 409 g/mol. The molecule has 0 saturated carbocycles. The van der Waals surface area contributed by atoms with E-state index in [0.717, 1.165) is 30.7 Å².